The van der Waals surface area contributed by atoms with Crippen LogP contribution >= 0.6 is 23.2 Å². The summed E-state index contributed by atoms with van der Waals surface area (Å²) in [4.78, 5) is 0. The van der Waals surface area contributed by atoms with Crippen molar-refractivity contribution in [2.45, 2.75) is 0 Å². The summed E-state index contributed by atoms with van der Waals surface area (Å²) in [5.41, 5.74) is 0. The molecule has 0 amide bonds. The molecule has 0 spiro atoms. The van der Waals surface area contributed by atoms with Crippen molar-refractivity contribution in [2.75, 3.05) is 5.34 Å². The number of hydrogen-bond acceptors (Lipinski definition) is 0. The molecule has 0 aromatic carbocycles. The van der Waals surface area contributed by atoms with Crippen molar-refractivity contribution < 1.29 is 37.2 Å². The fraction of sp³-hybridized carbons (Fsp3) is 1.00. The molecule has 0 unspecified atom stereocenters. The van der Waals surface area contributed by atoms with Gasteiger partial charge in [-0.2, -0.15) is 0 Å². The average Bonchev–Trinajstić information content (AvgIpc) is 0.918. The minimum Gasteiger partial charge on any atom is -1.00 e. The number of alkyl halides is 2. The van der Waals surface area contributed by atoms with Crippen molar-refractivity contribution in [2.24, 2.45) is 0 Å². The topological polar surface area (TPSA) is 0 Å². The SMILES string of the molecule is ClCCl.[B+3].[Cl-].[Cl-].[Cl-]. The van der Waals surface area contributed by atoms with Gasteiger partial charge < -0.3 is 37.2 Å². The molecule has 0 bridgehead atoms. The Morgan fingerprint density at radius 1 is 0.857 bits per heavy atom. The third-order valence-electron chi connectivity index (χ3n) is 0. The predicted molar refractivity (Wildman–Crippen MR) is 22.3 cm³/mol. The van der Waals surface area contributed by atoms with Gasteiger partial charge in [0, 0.05) is 0 Å². The van der Waals surface area contributed by atoms with Crippen LogP contribution in [-0.2, 0) is 0 Å². The van der Waals surface area contributed by atoms with E-state index in [1.54, 1.807) is 0 Å². The number of rotatable bonds is 0. The maximum absolute atomic E-state index is 4.76. The summed E-state index contributed by atoms with van der Waals surface area (Å²) < 4.78 is 0. The first-order valence-corrected chi connectivity index (χ1v) is 1.60. The summed E-state index contributed by atoms with van der Waals surface area (Å²) in [5, 5.41) is 0.194. The summed E-state index contributed by atoms with van der Waals surface area (Å²) >= 11 is 9.53. The van der Waals surface area contributed by atoms with Crippen LogP contribution in [0.3, 0.4) is 0 Å². The van der Waals surface area contributed by atoms with E-state index in [1.807, 2.05) is 0 Å². The average molecular weight is 202 g/mol. The van der Waals surface area contributed by atoms with Gasteiger partial charge in [-0.1, -0.05) is 0 Å². The van der Waals surface area contributed by atoms with Crippen LogP contribution in [-0.4, -0.2) is 13.8 Å². The van der Waals surface area contributed by atoms with E-state index < -0.39 is 0 Å². The smallest absolute Gasteiger partial charge is 1.00 e. The van der Waals surface area contributed by atoms with E-state index in [-0.39, 0.29) is 51.0 Å². The van der Waals surface area contributed by atoms with E-state index in [2.05, 4.69) is 0 Å². The predicted octanol–water partition coefficient (Wildman–Crippen LogP) is -7.95. The standard InChI is InChI=1S/CH2Cl2.B.3ClH/c2-1-3;;;;/h1H2;;3*1H/q;+3;;;/p-3. The molecule has 0 aliphatic carbocycles. The normalized spacial score (nSPS) is 2.57. The Bertz CT molecular complexity index is 8.04. The maximum atomic E-state index is 4.76. The molecule has 0 saturated heterocycles. The minimum absolute atomic E-state index is 0. The van der Waals surface area contributed by atoms with Gasteiger partial charge in [-0.3, -0.25) is 0 Å². The molecule has 0 fully saturated rings. The van der Waals surface area contributed by atoms with Gasteiger partial charge in [-0.25, -0.2) is 0 Å². The second-order valence-corrected chi connectivity index (χ2v) is 0.909. The Kier molecular flexibility index (Phi) is 280. The second-order valence-electron chi connectivity index (χ2n) is 0.101. The van der Waals surface area contributed by atoms with Crippen LogP contribution in [0.2, 0.25) is 0 Å². The first kappa shape index (κ1) is 38.9. The van der Waals surface area contributed by atoms with Gasteiger partial charge in [0.25, 0.3) is 0 Å². The molecule has 0 aliphatic rings. The summed E-state index contributed by atoms with van der Waals surface area (Å²) in [6, 6.07) is 0. The Labute approximate surface area is 74.1 Å². The molecule has 0 atom stereocenters. The van der Waals surface area contributed by atoms with Gasteiger partial charge in [0.1, 0.15) is 0 Å². The quantitative estimate of drug-likeness (QED) is 0.270. The molecule has 7 heavy (non-hydrogen) atoms. The van der Waals surface area contributed by atoms with Crippen LogP contribution < -0.4 is 37.2 Å². The van der Waals surface area contributed by atoms with Crippen molar-refractivity contribution >= 4 is 31.6 Å². The van der Waals surface area contributed by atoms with Crippen molar-refractivity contribution in [1.29, 1.82) is 0 Å². The van der Waals surface area contributed by atoms with E-state index in [9.17, 15) is 0 Å². The zero-order chi connectivity index (χ0) is 2.71. The van der Waals surface area contributed by atoms with Gasteiger partial charge in [0.2, 0.25) is 0 Å². The summed E-state index contributed by atoms with van der Waals surface area (Å²) in [6.45, 7) is 0. The zero-order valence-electron chi connectivity index (χ0n) is 3.17. The zero-order valence-corrected chi connectivity index (χ0v) is 6.95. The molecule has 0 aliphatic heterocycles. The van der Waals surface area contributed by atoms with E-state index in [1.165, 1.54) is 0 Å². The Morgan fingerprint density at radius 2 is 0.857 bits per heavy atom. The summed E-state index contributed by atoms with van der Waals surface area (Å²) in [6.07, 6.45) is 0. The van der Waals surface area contributed by atoms with Crippen LogP contribution in [0.4, 0.5) is 0 Å². The largest absolute Gasteiger partial charge is 3.00 e. The molecule has 0 aromatic rings. The first-order valence-electron chi connectivity index (χ1n) is 0.535. The van der Waals surface area contributed by atoms with Crippen LogP contribution in [0, 0.1) is 0 Å². The van der Waals surface area contributed by atoms with Crippen LogP contribution in [0.5, 0.6) is 0 Å². The molecule has 0 N–H and O–H groups in total. The fourth-order valence-corrected chi connectivity index (χ4v) is 0. The van der Waals surface area contributed by atoms with E-state index in [0.717, 1.165) is 0 Å². The molecule has 0 rings (SSSR count). The van der Waals surface area contributed by atoms with Gasteiger partial charge >= 0.3 is 8.41 Å². The molecule has 0 saturated carbocycles. The monoisotopic (exact) mass is 200 g/mol. The molecule has 0 radical (unpaired) electrons. The Hall–Kier alpha value is 1.51. The van der Waals surface area contributed by atoms with Gasteiger partial charge in [-0.05, 0) is 0 Å². The van der Waals surface area contributed by atoms with E-state index in [0.29, 0.717) is 0 Å². The third-order valence-corrected chi connectivity index (χ3v) is 0. The Morgan fingerprint density at radius 3 is 0.857 bits per heavy atom. The maximum Gasteiger partial charge on any atom is 3.00 e. The van der Waals surface area contributed by atoms with Gasteiger partial charge in [0.15, 0.2) is 0 Å². The van der Waals surface area contributed by atoms with Crippen molar-refractivity contribution in [3.8, 4) is 0 Å². The molecule has 6 heteroatoms. The van der Waals surface area contributed by atoms with Crippen LogP contribution in [0.15, 0.2) is 0 Å². The third kappa shape index (κ3) is 99.6. The molecule has 44 valence electrons. The van der Waals surface area contributed by atoms with Gasteiger partial charge in [0.05, 0.1) is 5.34 Å². The molecule has 0 heterocycles. The van der Waals surface area contributed by atoms with Crippen molar-refractivity contribution in [1.82, 2.24) is 0 Å². The second kappa shape index (κ2) is 50.4. The summed E-state index contributed by atoms with van der Waals surface area (Å²) in [5.74, 6) is 0. The first-order chi connectivity index (χ1) is 1.41. The molecule has 0 aromatic heterocycles. The fourth-order valence-electron chi connectivity index (χ4n) is 0. The number of hydrogen-bond donors (Lipinski definition) is 0. The van der Waals surface area contributed by atoms with Crippen LogP contribution in [0.1, 0.15) is 0 Å². The van der Waals surface area contributed by atoms with Crippen LogP contribution in [0.25, 0.3) is 0 Å². The van der Waals surface area contributed by atoms with Gasteiger partial charge in [-0.15, -0.1) is 23.2 Å². The van der Waals surface area contributed by atoms with E-state index in [4.69, 9.17) is 23.2 Å². The van der Waals surface area contributed by atoms with Crippen molar-refractivity contribution in [3.63, 3.8) is 0 Å². The Balaban J connectivity index is -0.00000000333. The molecular weight excluding hydrogens is 200 g/mol. The van der Waals surface area contributed by atoms with Crippen molar-refractivity contribution in [3.05, 3.63) is 0 Å². The minimum atomic E-state index is 0. The number of halogens is 5. The molecular formula is CH2BCl5. The summed E-state index contributed by atoms with van der Waals surface area (Å²) in [7, 11) is 0. The van der Waals surface area contributed by atoms with E-state index >= 15 is 0 Å². The molecule has 0 nitrogen and oxygen atoms in total.